The van der Waals surface area contributed by atoms with E-state index in [2.05, 4.69) is 0 Å². The van der Waals surface area contributed by atoms with Gasteiger partial charge in [-0.15, -0.1) is 0 Å². The molecule has 0 spiro atoms. The zero-order valence-electron chi connectivity index (χ0n) is 9.31. The van der Waals surface area contributed by atoms with Crippen molar-refractivity contribution in [2.75, 3.05) is 0 Å². The summed E-state index contributed by atoms with van der Waals surface area (Å²) in [5, 5.41) is 8.69. The summed E-state index contributed by atoms with van der Waals surface area (Å²) in [6.07, 6.45) is 0. The first-order valence-electron chi connectivity index (χ1n) is 4.94. The molecule has 2 aromatic rings. The van der Waals surface area contributed by atoms with Gasteiger partial charge in [0.15, 0.2) is 5.76 Å². The summed E-state index contributed by atoms with van der Waals surface area (Å²) in [5.41, 5.74) is 0.383. The molecule has 2 aromatic heterocycles. The van der Waals surface area contributed by atoms with Gasteiger partial charge < -0.3 is 13.9 Å². The second-order valence-corrected chi connectivity index (χ2v) is 3.63. The fourth-order valence-corrected chi connectivity index (χ4v) is 1.56. The van der Waals surface area contributed by atoms with Crippen LogP contribution in [0.2, 0.25) is 0 Å². The second kappa shape index (κ2) is 3.93. The monoisotopic (exact) mass is 234 g/mol. The van der Waals surface area contributed by atoms with E-state index in [4.69, 9.17) is 13.9 Å². The van der Waals surface area contributed by atoms with E-state index in [1.54, 1.807) is 19.9 Å². The minimum Gasteiger partial charge on any atom is -0.475 e. The van der Waals surface area contributed by atoms with Gasteiger partial charge in [0.2, 0.25) is 11.5 Å². The molecule has 0 saturated carbocycles. The van der Waals surface area contributed by atoms with Crippen molar-refractivity contribution in [2.45, 2.75) is 13.8 Å². The summed E-state index contributed by atoms with van der Waals surface area (Å²) in [7, 11) is 0. The first-order chi connectivity index (χ1) is 7.99. The molecule has 0 atom stereocenters. The molecule has 0 saturated heterocycles. The lowest BCUT2D eigenvalue weighted by molar-refractivity contribution is 0.0660. The highest BCUT2D eigenvalue weighted by atomic mass is 16.4. The second-order valence-electron chi connectivity index (χ2n) is 3.63. The molecule has 2 rings (SSSR count). The van der Waals surface area contributed by atoms with Gasteiger partial charge in [-0.3, -0.25) is 4.79 Å². The van der Waals surface area contributed by atoms with Crippen molar-refractivity contribution in [3.05, 3.63) is 46.8 Å². The minimum absolute atomic E-state index is 0.00806. The molecule has 5 nitrogen and oxygen atoms in total. The molecule has 0 fully saturated rings. The third-order valence-electron chi connectivity index (χ3n) is 2.33. The summed E-state index contributed by atoms with van der Waals surface area (Å²) < 4.78 is 10.2. The van der Waals surface area contributed by atoms with Crippen molar-refractivity contribution in [1.82, 2.24) is 0 Å². The Bertz CT molecular complexity index is 588. The number of aromatic carboxylic acids is 1. The molecule has 88 valence electrons. The van der Waals surface area contributed by atoms with Crippen LogP contribution in [0, 0.1) is 13.8 Å². The number of furan rings is 2. The average molecular weight is 234 g/mol. The Morgan fingerprint density at radius 1 is 1.12 bits per heavy atom. The van der Waals surface area contributed by atoms with Gasteiger partial charge in [0, 0.05) is 0 Å². The highest BCUT2D eigenvalue weighted by molar-refractivity contribution is 6.08. The van der Waals surface area contributed by atoms with Crippen LogP contribution in [-0.4, -0.2) is 16.9 Å². The van der Waals surface area contributed by atoms with Crippen LogP contribution in [0.1, 0.15) is 38.2 Å². The summed E-state index contributed by atoms with van der Waals surface area (Å²) in [5.74, 6) is -0.745. The van der Waals surface area contributed by atoms with E-state index in [-0.39, 0.29) is 17.3 Å². The molecule has 17 heavy (non-hydrogen) atoms. The molecule has 0 bridgehead atoms. The number of ketones is 1. The van der Waals surface area contributed by atoms with E-state index in [1.165, 1.54) is 12.1 Å². The maximum Gasteiger partial charge on any atom is 0.371 e. The molecule has 0 aliphatic rings. The smallest absolute Gasteiger partial charge is 0.371 e. The van der Waals surface area contributed by atoms with Crippen molar-refractivity contribution in [1.29, 1.82) is 0 Å². The predicted molar refractivity (Wildman–Crippen MR) is 57.3 cm³/mol. The minimum atomic E-state index is -1.20. The van der Waals surface area contributed by atoms with E-state index in [1.807, 2.05) is 0 Å². The molecule has 0 amide bonds. The lowest BCUT2D eigenvalue weighted by atomic mass is 10.1. The molecule has 0 radical (unpaired) electrons. The third kappa shape index (κ3) is 1.99. The summed E-state index contributed by atoms with van der Waals surface area (Å²) in [4.78, 5) is 22.6. The zero-order valence-corrected chi connectivity index (χ0v) is 9.31. The molecule has 5 heteroatoms. The SMILES string of the molecule is Cc1cc(C(=O)c2ccc(C(=O)O)o2)c(C)o1. The van der Waals surface area contributed by atoms with Gasteiger partial charge in [0.1, 0.15) is 11.5 Å². The number of hydrogen-bond donors (Lipinski definition) is 1. The van der Waals surface area contributed by atoms with Gasteiger partial charge in [-0.05, 0) is 32.0 Å². The van der Waals surface area contributed by atoms with E-state index >= 15 is 0 Å². The number of carboxylic acids is 1. The number of carbonyl (C=O) groups excluding carboxylic acids is 1. The quantitative estimate of drug-likeness (QED) is 0.825. The standard InChI is InChI=1S/C12H10O5/c1-6-5-8(7(2)16-6)11(13)9-3-4-10(17-9)12(14)15/h3-5H,1-2H3,(H,14,15). The Labute approximate surface area is 96.7 Å². The van der Waals surface area contributed by atoms with Crippen LogP contribution in [0.5, 0.6) is 0 Å². The average Bonchev–Trinajstić information content (AvgIpc) is 2.84. The number of hydrogen-bond acceptors (Lipinski definition) is 4. The Balaban J connectivity index is 2.37. The number of carbonyl (C=O) groups is 2. The van der Waals surface area contributed by atoms with Crippen molar-refractivity contribution >= 4 is 11.8 Å². The molecular weight excluding hydrogens is 224 g/mol. The maximum atomic E-state index is 12.0. The number of rotatable bonds is 3. The topological polar surface area (TPSA) is 80.7 Å². The first kappa shape index (κ1) is 11.2. The maximum absolute atomic E-state index is 12.0. The fraction of sp³-hybridized carbons (Fsp3) is 0.167. The third-order valence-corrected chi connectivity index (χ3v) is 2.33. The van der Waals surface area contributed by atoms with Crippen molar-refractivity contribution in [3.8, 4) is 0 Å². The largest absolute Gasteiger partial charge is 0.475 e. The Morgan fingerprint density at radius 2 is 1.76 bits per heavy atom. The van der Waals surface area contributed by atoms with Crippen LogP contribution in [0.3, 0.4) is 0 Å². The van der Waals surface area contributed by atoms with Crippen LogP contribution in [0.25, 0.3) is 0 Å². The van der Waals surface area contributed by atoms with Gasteiger partial charge in [-0.1, -0.05) is 0 Å². The van der Waals surface area contributed by atoms with E-state index in [9.17, 15) is 9.59 Å². The van der Waals surface area contributed by atoms with Gasteiger partial charge in [0.05, 0.1) is 5.56 Å². The Hall–Kier alpha value is -2.30. The summed E-state index contributed by atoms with van der Waals surface area (Å²) >= 11 is 0. The summed E-state index contributed by atoms with van der Waals surface area (Å²) in [6, 6.07) is 4.19. The van der Waals surface area contributed by atoms with Gasteiger partial charge in [0.25, 0.3) is 0 Å². The van der Waals surface area contributed by atoms with Crippen LogP contribution >= 0.6 is 0 Å². The van der Waals surface area contributed by atoms with Crippen molar-refractivity contribution in [3.63, 3.8) is 0 Å². The molecule has 0 aliphatic heterocycles. The molecule has 0 aromatic carbocycles. The van der Waals surface area contributed by atoms with Crippen molar-refractivity contribution < 1.29 is 23.5 Å². The fourth-order valence-electron chi connectivity index (χ4n) is 1.56. The molecule has 0 unspecified atom stereocenters. The number of aryl methyl sites for hydroxylation is 2. The molecule has 2 heterocycles. The summed E-state index contributed by atoms with van der Waals surface area (Å²) in [6.45, 7) is 3.40. The Kier molecular flexibility index (Phi) is 2.59. The highest BCUT2D eigenvalue weighted by Gasteiger charge is 2.20. The first-order valence-corrected chi connectivity index (χ1v) is 4.94. The van der Waals surface area contributed by atoms with Crippen LogP contribution in [0.15, 0.2) is 27.0 Å². The van der Waals surface area contributed by atoms with Crippen LogP contribution in [-0.2, 0) is 0 Å². The Morgan fingerprint density at radius 3 is 2.24 bits per heavy atom. The highest BCUT2D eigenvalue weighted by Crippen LogP contribution is 2.19. The van der Waals surface area contributed by atoms with E-state index in [0.29, 0.717) is 17.1 Å². The molecule has 1 N–H and O–H groups in total. The van der Waals surface area contributed by atoms with Crippen LogP contribution < -0.4 is 0 Å². The van der Waals surface area contributed by atoms with E-state index in [0.717, 1.165) is 0 Å². The lowest BCUT2D eigenvalue weighted by Gasteiger charge is -1.94. The van der Waals surface area contributed by atoms with Gasteiger partial charge in [-0.2, -0.15) is 0 Å². The lowest BCUT2D eigenvalue weighted by Crippen LogP contribution is -2.00. The van der Waals surface area contributed by atoms with E-state index < -0.39 is 5.97 Å². The number of carboxylic acid groups (broad SMARTS) is 1. The predicted octanol–water partition coefficient (Wildman–Crippen LogP) is 2.42. The zero-order chi connectivity index (χ0) is 12.6. The van der Waals surface area contributed by atoms with Crippen LogP contribution in [0.4, 0.5) is 0 Å². The van der Waals surface area contributed by atoms with Gasteiger partial charge >= 0.3 is 5.97 Å². The normalized spacial score (nSPS) is 10.5. The van der Waals surface area contributed by atoms with Gasteiger partial charge in [-0.25, -0.2) is 4.79 Å². The van der Waals surface area contributed by atoms with Crippen molar-refractivity contribution in [2.24, 2.45) is 0 Å². The molecular formula is C12H10O5. The molecule has 0 aliphatic carbocycles.